The predicted molar refractivity (Wildman–Crippen MR) is 71.4 cm³/mol. The van der Waals surface area contributed by atoms with Crippen molar-refractivity contribution in [3.8, 4) is 0 Å². The topological polar surface area (TPSA) is 72.2 Å². The minimum Gasteiger partial charge on any atom is -0.360 e. The molecule has 0 spiro atoms. The SMILES string of the molecule is Cc1noc(C)c1S(=O)(=O)NCc1c(F)ccc(Cl)c1F. The van der Waals surface area contributed by atoms with Crippen LogP contribution in [0.2, 0.25) is 5.02 Å². The summed E-state index contributed by atoms with van der Waals surface area (Å²) in [5.74, 6) is -1.80. The Labute approximate surface area is 124 Å². The van der Waals surface area contributed by atoms with Gasteiger partial charge < -0.3 is 4.52 Å². The van der Waals surface area contributed by atoms with Crippen molar-refractivity contribution in [1.82, 2.24) is 9.88 Å². The van der Waals surface area contributed by atoms with Gasteiger partial charge in [0.2, 0.25) is 10.0 Å². The quantitative estimate of drug-likeness (QED) is 0.871. The van der Waals surface area contributed by atoms with Gasteiger partial charge in [0, 0.05) is 12.1 Å². The summed E-state index contributed by atoms with van der Waals surface area (Å²) in [7, 11) is -4.01. The molecule has 0 aliphatic heterocycles. The number of hydrogen-bond donors (Lipinski definition) is 1. The molecular weight excluding hydrogens is 326 g/mol. The minimum atomic E-state index is -4.01. The molecule has 1 heterocycles. The Morgan fingerprint density at radius 3 is 2.57 bits per heavy atom. The first-order valence-corrected chi connectivity index (χ1v) is 7.65. The van der Waals surface area contributed by atoms with Crippen LogP contribution in [0.25, 0.3) is 0 Å². The van der Waals surface area contributed by atoms with E-state index in [4.69, 9.17) is 16.1 Å². The molecule has 1 aromatic heterocycles. The lowest BCUT2D eigenvalue weighted by molar-refractivity contribution is 0.390. The summed E-state index contributed by atoms with van der Waals surface area (Å²) in [6.07, 6.45) is 0. The molecule has 114 valence electrons. The van der Waals surface area contributed by atoms with Crippen molar-refractivity contribution in [3.63, 3.8) is 0 Å². The standard InChI is InChI=1S/C12H11ClF2N2O3S/c1-6-12(7(2)20-17-6)21(18,19)16-5-8-10(14)4-3-9(13)11(8)15/h3-4,16H,5H2,1-2H3. The summed E-state index contributed by atoms with van der Waals surface area (Å²) in [6, 6.07) is 2.02. The second-order valence-electron chi connectivity index (χ2n) is 4.30. The molecule has 0 radical (unpaired) electrons. The van der Waals surface area contributed by atoms with E-state index in [1.165, 1.54) is 13.8 Å². The second-order valence-corrected chi connectivity index (χ2v) is 6.41. The van der Waals surface area contributed by atoms with Gasteiger partial charge in [-0.05, 0) is 26.0 Å². The van der Waals surface area contributed by atoms with Crippen molar-refractivity contribution < 1.29 is 21.7 Å². The lowest BCUT2D eigenvalue weighted by Crippen LogP contribution is -2.25. The lowest BCUT2D eigenvalue weighted by Gasteiger charge is -2.09. The van der Waals surface area contributed by atoms with Gasteiger partial charge in [-0.25, -0.2) is 21.9 Å². The van der Waals surface area contributed by atoms with Gasteiger partial charge >= 0.3 is 0 Å². The number of sulfonamides is 1. The van der Waals surface area contributed by atoms with Gasteiger partial charge in [0.1, 0.15) is 22.2 Å². The molecule has 1 aromatic carbocycles. The predicted octanol–water partition coefficient (Wildman–Crippen LogP) is 2.70. The van der Waals surface area contributed by atoms with Crippen molar-refractivity contribution in [2.24, 2.45) is 0 Å². The summed E-state index contributed by atoms with van der Waals surface area (Å²) in [5.41, 5.74) is -0.301. The average molecular weight is 337 g/mol. The zero-order valence-electron chi connectivity index (χ0n) is 11.1. The Kier molecular flexibility index (Phi) is 4.31. The Hall–Kier alpha value is -1.51. The number of benzene rings is 1. The molecule has 21 heavy (non-hydrogen) atoms. The summed E-state index contributed by atoms with van der Waals surface area (Å²) in [5, 5.41) is 3.23. The molecule has 0 aliphatic carbocycles. The third-order valence-corrected chi connectivity index (χ3v) is 4.75. The summed E-state index contributed by atoms with van der Waals surface area (Å²) < 4.78 is 58.4. The highest BCUT2D eigenvalue weighted by Gasteiger charge is 2.25. The van der Waals surface area contributed by atoms with E-state index in [2.05, 4.69) is 9.88 Å². The van der Waals surface area contributed by atoms with Crippen LogP contribution < -0.4 is 4.72 Å². The summed E-state index contributed by atoms with van der Waals surface area (Å²) >= 11 is 5.54. The van der Waals surface area contributed by atoms with Crippen LogP contribution in [-0.4, -0.2) is 13.6 Å². The summed E-state index contributed by atoms with van der Waals surface area (Å²) in [4.78, 5) is -0.148. The fourth-order valence-electron chi connectivity index (χ4n) is 1.83. The maximum Gasteiger partial charge on any atom is 0.246 e. The first kappa shape index (κ1) is 15.9. The average Bonchev–Trinajstić information content (AvgIpc) is 2.74. The highest BCUT2D eigenvalue weighted by Crippen LogP contribution is 2.23. The molecule has 2 aromatic rings. The Morgan fingerprint density at radius 1 is 1.33 bits per heavy atom. The fourth-order valence-corrected chi connectivity index (χ4v) is 3.33. The number of aryl methyl sites for hydroxylation is 2. The van der Waals surface area contributed by atoms with E-state index in [1.807, 2.05) is 0 Å². The maximum atomic E-state index is 13.7. The van der Waals surface area contributed by atoms with E-state index < -0.39 is 33.8 Å². The van der Waals surface area contributed by atoms with Crippen LogP contribution in [0.3, 0.4) is 0 Å². The highest BCUT2D eigenvalue weighted by atomic mass is 35.5. The third-order valence-electron chi connectivity index (χ3n) is 2.81. The fraction of sp³-hybridized carbons (Fsp3) is 0.250. The Bertz CT molecular complexity index is 771. The molecule has 0 unspecified atom stereocenters. The largest absolute Gasteiger partial charge is 0.360 e. The van der Waals surface area contributed by atoms with E-state index in [1.54, 1.807) is 0 Å². The van der Waals surface area contributed by atoms with Crippen LogP contribution in [0.15, 0.2) is 21.6 Å². The molecule has 0 amide bonds. The van der Waals surface area contributed by atoms with Crippen molar-refractivity contribution >= 4 is 21.6 Å². The zero-order valence-corrected chi connectivity index (χ0v) is 12.6. The van der Waals surface area contributed by atoms with Crippen LogP contribution in [0.4, 0.5) is 8.78 Å². The van der Waals surface area contributed by atoms with Crippen molar-refractivity contribution in [3.05, 3.63) is 45.8 Å². The lowest BCUT2D eigenvalue weighted by atomic mass is 10.2. The first-order chi connectivity index (χ1) is 9.74. The van der Waals surface area contributed by atoms with Crippen LogP contribution in [0, 0.1) is 25.5 Å². The summed E-state index contributed by atoms with van der Waals surface area (Å²) in [6.45, 7) is 2.30. The van der Waals surface area contributed by atoms with Gasteiger partial charge in [-0.3, -0.25) is 0 Å². The van der Waals surface area contributed by atoms with Gasteiger partial charge in [0.25, 0.3) is 0 Å². The van der Waals surface area contributed by atoms with Crippen LogP contribution in [0.1, 0.15) is 17.0 Å². The van der Waals surface area contributed by atoms with Gasteiger partial charge in [-0.1, -0.05) is 16.8 Å². The number of nitrogens with one attached hydrogen (secondary N) is 1. The molecule has 0 atom stereocenters. The molecule has 0 saturated heterocycles. The van der Waals surface area contributed by atoms with E-state index in [0.717, 1.165) is 12.1 Å². The number of hydrogen-bond acceptors (Lipinski definition) is 4. The monoisotopic (exact) mass is 336 g/mol. The molecule has 9 heteroatoms. The third kappa shape index (κ3) is 3.07. The van der Waals surface area contributed by atoms with Gasteiger partial charge in [-0.15, -0.1) is 0 Å². The molecule has 1 N–H and O–H groups in total. The number of aromatic nitrogens is 1. The van der Waals surface area contributed by atoms with Crippen LogP contribution >= 0.6 is 11.6 Å². The molecule has 2 rings (SSSR count). The highest BCUT2D eigenvalue weighted by molar-refractivity contribution is 7.89. The van der Waals surface area contributed by atoms with E-state index in [9.17, 15) is 17.2 Å². The smallest absolute Gasteiger partial charge is 0.246 e. The van der Waals surface area contributed by atoms with Gasteiger partial charge in [0.05, 0.1) is 5.02 Å². The van der Waals surface area contributed by atoms with E-state index in [0.29, 0.717) is 0 Å². The van der Waals surface area contributed by atoms with Crippen molar-refractivity contribution in [2.45, 2.75) is 25.3 Å². The molecule has 0 saturated carbocycles. The second kappa shape index (κ2) is 5.70. The van der Waals surface area contributed by atoms with E-state index in [-0.39, 0.29) is 21.4 Å². The minimum absolute atomic E-state index is 0.0898. The maximum absolute atomic E-state index is 13.7. The Morgan fingerprint density at radius 2 is 2.00 bits per heavy atom. The molecular formula is C12H11ClF2N2O3S. The van der Waals surface area contributed by atoms with Crippen LogP contribution in [-0.2, 0) is 16.6 Å². The molecule has 0 aliphatic rings. The van der Waals surface area contributed by atoms with E-state index >= 15 is 0 Å². The first-order valence-electron chi connectivity index (χ1n) is 5.79. The normalized spacial score (nSPS) is 11.9. The molecule has 0 fully saturated rings. The Balaban J connectivity index is 2.30. The van der Waals surface area contributed by atoms with Gasteiger partial charge in [0.15, 0.2) is 5.76 Å². The van der Waals surface area contributed by atoms with Crippen LogP contribution in [0.5, 0.6) is 0 Å². The van der Waals surface area contributed by atoms with Crippen molar-refractivity contribution in [1.29, 1.82) is 0 Å². The number of nitrogens with zero attached hydrogens (tertiary/aromatic N) is 1. The molecule has 0 bridgehead atoms. The van der Waals surface area contributed by atoms with Crippen molar-refractivity contribution in [2.75, 3.05) is 0 Å². The number of halogens is 3. The van der Waals surface area contributed by atoms with Gasteiger partial charge in [-0.2, -0.15) is 0 Å². The number of rotatable bonds is 4. The molecule has 5 nitrogen and oxygen atoms in total. The zero-order chi connectivity index (χ0) is 15.8.